The summed E-state index contributed by atoms with van der Waals surface area (Å²) in [5, 5.41) is 12.5. The summed E-state index contributed by atoms with van der Waals surface area (Å²) in [4.78, 5) is 12.5. The average molecular weight is 405 g/mol. The van der Waals surface area contributed by atoms with Crippen LogP contribution in [-0.2, 0) is 4.79 Å². The number of amides is 1. The molecular formula is C19H14Cl2N2O4. The molecule has 0 aromatic heterocycles. The molecule has 1 amide bonds. The Morgan fingerprint density at radius 3 is 2.63 bits per heavy atom. The summed E-state index contributed by atoms with van der Waals surface area (Å²) in [7, 11) is 1.50. The van der Waals surface area contributed by atoms with Crippen LogP contribution in [0.15, 0.2) is 35.9 Å². The van der Waals surface area contributed by atoms with Crippen LogP contribution >= 0.6 is 23.2 Å². The van der Waals surface area contributed by atoms with Gasteiger partial charge in [-0.15, -0.1) is 0 Å². The Hall–Kier alpha value is -2.88. The third-order valence-electron chi connectivity index (χ3n) is 3.73. The molecule has 27 heavy (non-hydrogen) atoms. The van der Waals surface area contributed by atoms with Crippen LogP contribution in [0, 0.1) is 11.3 Å². The number of anilines is 1. The number of nitrogens with zero attached hydrogens (tertiary/aromatic N) is 1. The van der Waals surface area contributed by atoms with Gasteiger partial charge < -0.3 is 19.5 Å². The van der Waals surface area contributed by atoms with Crippen LogP contribution < -0.4 is 19.5 Å². The third kappa shape index (κ3) is 4.11. The van der Waals surface area contributed by atoms with E-state index < -0.39 is 5.91 Å². The highest BCUT2D eigenvalue weighted by Gasteiger charge is 2.19. The van der Waals surface area contributed by atoms with Crippen LogP contribution in [0.2, 0.25) is 10.0 Å². The molecule has 6 nitrogen and oxygen atoms in total. The van der Waals surface area contributed by atoms with Crippen LogP contribution in [0.3, 0.4) is 0 Å². The molecule has 8 heteroatoms. The second kappa shape index (κ2) is 8.21. The van der Waals surface area contributed by atoms with E-state index in [2.05, 4.69) is 5.32 Å². The molecule has 0 fully saturated rings. The molecule has 1 aliphatic rings. The summed E-state index contributed by atoms with van der Waals surface area (Å²) in [6.07, 6.45) is 1.42. The number of nitriles is 1. The molecule has 0 radical (unpaired) electrons. The van der Waals surface area contributed by atoms with Gasteiger partial charge in [0.05, 0.1) is 22.8 Å². The van der Waals surface area contributed by atoms with Gasteiger partial charge in [-0.1, -0.05) is 29.3 Å². The van der Waals surface area contributed by atoms with Gasteiger partial charge in [-0.2, -0.15) is 5.26 Å². The van der Waals surface area contributed by atoms with E-state index in [1.54, 1.807) is 30.3 Å². The lowest BCUT2D eigenvalue weighted by molar-refractivity contribution is -0.112. The number of halogens is 2. The Morgan fingerprint density at radius 2 is 1.96 bits per heavy atom. The maximum atomic E-state index is 12.5. The molecule has 0 atom stereocenters. The average Bonchev–Trinajstić information content (AvgIpc) is 2.68. The molecule has 0 saturated heterocycles. The highest BCUT2D eigenvalue weighted by Crippen LogP contribution is 2.41. The Labute approximate surface area is 165 Å². The molecule has 2 aromatic rings. The van der Waals surface area contributed by atoms with Gasteiger partial charge in [-0.25, -0.2) is 0 Å². The predicted molar refractivity (Wildman–Crippen MR) is 103 cm³/mol. The molecule has 2 aromatic carbocycles. The number of fused-ring (bicyclic) bond motifs is 1. The van der Waals surface area contributed by atoms with E-state index in [1.807, 2.05) is 6.07 Å². The van der Waals surface area contributed by atoms with Gasteiger partial charge in [-0.3, -0.25) is 4.79 Å². The fourth-order valence-corrected chi connectivity index (χ4v) is 2.98. The lowest BCUT2D eigenvalue weighted by Crippen LogP contribution is -2.16. The van der Waals surface area contributed by atoms with Crippen molar-refractivity contribution in [3.8, 4) is 23.3 Å². The molecule has 1 N–H and O–H groups in total. The highest BCUT2D eigenvalue weighted by atomic mass is 35.5. The van der Waals surface area contributed by atoms with Crippen molar-refractivity contribution in [3.05, 3.63) is 51.5 Å². The fourth-order valence-electron chi connectivity index (χ4n) is 2.49. The summed E-state index contributed by atoms with van der Waals surface area (Å²) >= 11 is 12.1. The Kier molecular flexibility index (Phi) is 5.75. The molecule has 0 bridgehead atoms. The van der Waals surface area contributed by atoms with Crippen molar-refractivity contribution >= 4 is 40.9 Å². The predicted octanol–water partition coefficient (Wildman–Crippen LogP) is 4.32. The van der Waals surface area contributed by atoms with Crippen LogP contribution in [0.5, 0.6) is 17.2 Å². The zero-order valence-electron chi connectivity index (χ0n) is 14.2. The highest BCUT2D eigenvalue weighted by molar-refractivity contribution is 6.40. The van der Waals surface area contributed by atoms with E-state index in [9.17, 15) is 10.1 Å². The quantitative estimate of drug-likeness (QED) is 0.606. The molecule has 0 aliphatic carbocycles. The minimum absolute atomic E-state index is 0.135. The van der Waals surface area contributed by atoms with Crippen molar-refractivity contribution in [2.75, 3.05) is 25.6 Å². The number of methoxy groups -OCH3 is 1. The number of hydrogen-bond acceptors (Lipinski definition) is 5. The third-order valence-corrected chi connectivity index (χ3v) is 4.36. The van der Waals surface area contributed by atoms with Gasteiger partial charge in [0, 0.05) is 0 Å². The molecule has 0 spiro atoms. The number of carbonyl (C=O) groups is 1. The van der Waals surface area contributed by atoms with Crippen LogP contribution in [0.4, 0.5) is 5.69 Å². The maximum absolute atomic E-state index is 12.5. The number of benzene rings is 2. The van der Waals surface area contributed by atoms with E-state index in [-0.39, 0.29) is 21.3 Å². The Bertz CT molecular complexity index is 929. The van der Waals surface area contributed by atoms with E-state index >= 15 is 0 Å². The Morgan fingerprint density at radius 1 is 1.26 bits per heavy atom. The van der Waals surface area contributed by atoms with E-state index in [0.29, 0.717) is 36.0 Å². The molecule has 3 rings (SSSR count). The van der Waals surface area contributed by atoms with Crippen molar-refractivity contribution in [1.82, 2.24) is 0 Å². The lowest BCUT2D eigenvalue weighted by atomic mass is 10.1. The van der Waals surface area contributed by atoms with Crippen LogP contribution in [0.1, 0.15) is 5.56 Å². The normalized spacial score (nSPS) is 12.9. The van der Waals surface area contributed by atoms with Gasteiger partial charge in [-0.05, 0) is 35.9 Å². The minimum Gasteiger partial charge on any atom is -0.493 e. The molecular weight excluding hydrogens is 391 g/mol. The van der Waals surface area contributed by atoms with Crippen molar-refractivity contribution in [3.63, 3.8) is 0 Å². The summed E-state index contributed by atoms with van der Waals surface area (Å²) in [5.74, 6) is 0.789. The first-order chi connectivity index (χ1) is 13.0. The van der Waals surface area contributed by atoms with Crippen LogP contribution in [-0.4, -0.2) is 26.2 Å². The number of carbonyl (C=O) groups excluding carboxylic acids is 1. The van der Waals surface area contributed by atoms with E-state index in [0.717, 1.165) is 0 Å². The molecule has 138 valence electrons. The summed E-state index contributed by atoms with van der Waals surface area (Å²) < 4.78 is 16.4. The molecule has 1 heterocycles. The smallest absolute Gasteiger partial charge is 0.266 e. The zero-order valence-corrected chi connectivity index (χ0v) is 15.7. The second-order valence-corrected chi connectivity index (χ2v) is 6.28. The lowest BCUT2D eigenvalue weighted by Gasteiger charge is -2.21. The number of para-hydroxylation sites is 1. The molecule has 1 aliphatic heterocycles. The van der Waals surface area contributed by atoms with Gasteiger partial charge in [0.1, 0.15) is 24.9 Å². The fraction of sp³-hybridized carbons (Fsp3) is 0.158. The SMILES string of the molecule is COc1cc(/C=C(\C#N)C(=O)Nc2c(Cl)cccc2Cl)cc2c1OCCO2. The van der Waals surface area contributed by atoms with Crippen molar-refractivity contribution in [2.24, 2.45) is 0 Å². The van der Waals surface area contributed by atoms with E-state index in [4.69, 9.17) is 37.4 Å². The first-order valence-electron chi connectivity index (χ1n) is 7.88. The maximum Gasteiger partial charge on any atom is 0.266 e. The van der Waals surface area contributed by atoms with E-state index in [1.165, 1.54) is 13.2 Å². The number of rotatable bonds is 4. The molecule has 0 unspecified atom stereocenters. The van der Waals surface area contributed by atoms with Gasteiger partial charge in [0.25, 0.3) is 5.91 Å². The first-order valence-corrected chi connectivity index (χ1v) is 8.64. The number of hydrogen-bond donors (Lipinski definition) is 1. The zero-order chi connectivity index (χ0) is 19.4. The van der Waals surface area contributed by atoms with Crippen molar-refractivity contribution < 1.29 is 19.0 Å². The van der Waals surface area contributed by atoms with Crippen LogP contribution in [0.25, 0.3) is 6.08 Å². The second-order valence-electron chi connectivity index (χ2n) is 5.47. The first kappa shape index (κ1) is 18.9. The summed E-state index contributed by atoms with van der Waals surface area (Å²) in [6.45, 7) is 0.822. The minimum atomic E-state index is -0.638. The topological polar surface area (TPSA) is 80.6 Å². The van der Waals surface area contributed by atoms with Gasteiger partial charge >= 0.3 is 0 Å². The van der Waals surface area contributed by atoms with Crippen molar-refractivity contribution in [2.45, 2.75) is 0 Å². The van der Waals surface area contributed by atoms with Gasteiger partial charge in [0.2, 0.25) is 5.75 Å². The number of ether oxygens (including phenoxy) is 3. The number of nitrogens with one attached hydrogen (secondary N) is 1. The monoisotopic (exact) mass is 404 g/mol. The summed E-state index contributed by atoms with van der Waals surface area (Å²) in [5.41, 5.74) is 0.657. The van der Waals surface area contributed by atoms with Gasteiger partial charge in [0.15, 0.2) is 11.5 Å². The molecule has 0 saturated carbocycles. The standard InChI is InChI=1S/C19H14Cl2N2O4/c1-25-15-8-11(9-16-18(15)27-6-5-26-16)7-12(10-22)19(24)23-17-13(20)3-2-4-14(17)21/h2-4,7-9H,5-6H2,1H3,(H,23,24)/b12-7+. The summed E-state index contributed by atoms with van der Waals surface area (Å²) in [6, 6.07) is 10.0. The Balaban J connectivity index is 1.92. The largest absolute Gasteiger partial charge is 0.493 e. The van der Waals surface area contributed by atoms with Crippen molar-refractivity contribution in [1.29, 1.82) is 5.26 Å².